The van der Waals surface area contributed by atoms with Gasteiger partial charge in [0.1, 0.15) is 6.08 Å². The summed E-state index contributed by atoms with van der Waals surface area (Å²) in [7, 11) is 1.33. The Morgan fingerprint density at radius 1 is 1.54 bits per heavy atom. The minimum atomic E-state index is -0.331. The summed E-state index contributed by atoms with van der Waals surface area (Å²) >= 11 is 0. The molecule has 0 aliphatic carbocycles. The Balaban J connectivity index is 3.09. The third-order valence-electron chi connectivity index (χ3n) is 1.48. The molecule has 1 aromatic rings. The van der Waals surface area contributed by atoms with Gasteiger partial charge in [-0.2, -0.15) is 5.26 Å². The predicted molar refractivity (Wildman–Crippen MR) is 46.7 cm³/mol. The molecule has 1 aromatic carbocycles. The smallest absolute Gasteiger partial charge is 0.400 e. The van der Waals surface area contributed by atoms with E-state index >= 15 is 0 Å². The number of hydrogen-bond acceptors (Lipinski definition) is 3. The van der Waals surface area contributed by atoms with Crippen LogP contribution in [0.4, 0.5) is 0 Å². The predicted octanol–water partition coefficient (Wildman–Crippen LogP) is 1.76. The fourth-order valence-electron chi connectivity index (χ4n) is 0.856. The Morgan fingerprint density at radius 2 is 2.23 bits per heavy atom. The van der Waals surface area contributed by atoms with Crippen LogP contribution < -0.4 is 0 Å². The van der Waals surface area contributed by atoms with E-state index in [-0.39, 0.29) is 5.95 Å². The van der Waals surface area contributed by atoms with Gasteiger partial charge in [-0.15, -0.1) is 0 Å². The normalized spacial score (nSPS) is 10.0. The maximum absolute atomic E-state index is 9.01. The number of benzene rings is 1. The van der Waals surface area contributed by atoms with Crippen molar-refractivity contribution in [1.29, 1.82) is 5.26 Å². The number of ether oxygens (including phenoxy) is 1. The molecule has 0 saturated carbocycles. The molecule has 0 bridgehead atoms. The lowest BCUT2D eigenvalue weighted by Gasteiger charge is -1.89. The lowest BCUT2D eigenvalue weighted by molar-refractivity contribution is 0.134. The summed E-state index contributed by atoms with van der Waals surface area (Å²) in [5.41, 5.74) is 0.968. The zero-order chi connectivity index (χ0) is 9.68. The van der Waals surface area contributed by atoms with Gasteiger partial charge in [0.05, 0.1) is 13.2 Å². The van der Waals surface area contributed by atoms with E-state index < -0.39 is 0 Å². The minimum absolute atomic E-state index is 0.331. The van der Waals surface area contributed by atoms with Crippen LogP contribution in [0.5, 0.6) is 0 Å². The molecule has 0 aromatic heterocycles. The molecule has 0 atom stereocenters. The van der Waals surface area contributed by atoms with Crippen LogP contribution in [0.3, 0.4) is 0 Å². The molecule has 0 fully saturated rings. The Labute approximate surface area is 76.5 Å². The number of aliphatic hydroxyl groups is 1. The molecule has 1 rings (SSSR count). The maximum Gasteiger partial charge on any atom is 0.400 e. The average molecular weight is 174 g/mol. The molecule has 0 radical (unpaired) electrons. The quantitative estimate of drug-likeness (QED) is 0.549. The van der Waals surface area contributed by atoms with Crippen molar-refractivity contribution in [3.63, 3.8) is 0 Å². The molecule has 0 unspecified atom stereocenters. The first-order valence-electron chi connectivity index (χ1n) is 3.64. The van der Waals surface area contributed by atoms with Crippen LogP contribution in [0.15, 0.2) is 30.2 Å². The van der Waals surface area contributed by atoms with E-state index in [2.05, 4.69) is 10.8 Å². The minimum Gasteiger partial charge on any atom is -0.464 e. The molecule has 64 valence electrons. The molecule has 13 heavy (non-hydrogen) atoms. The molecular weight excluding hydrogens is 166 g/mol. The lowest BCUT2D eigenvalue weighted by atomic mass is 10.1. The molecule has 0 amide bonds. The van der Waals surface area contributed by atoms with Crippen molar-refractivity contribution in [2.24, 2.45) is 0 Å². The van der Waals surface area contributed by atoms with Crippen molar-refractivity contribution in [2.75, 3.05) is 7.11 Å². The van der Waals surface area contributed by atoms with E-state index in [0.29, 0.717) is 11.1 Å². The first-order valence-corrected chi connectivity index (χ1v) is 3.64. The molecule has 0 spiro atoms. The van der Waals surface area contributed by atoms with Gasteiger partial charge < -0.3 is 9.84 Å². The van der Waals surface area contributed by atoms with Gasteiger partial charge in [-0.05, 0) is 12.1 Å². The van der Waals surface area contributed by atoms with Crippen molar-refractivity contribution >= 4 is 0 Å². The van der Waals surface area contributed by atoms with E-state index in [9.17, 15) is 0 Å². The highest BCUT2D eigenvalue weighted by Gasteiger charge is 2.11. The highest BCUT2D eigenvalue weighted by Crippen LogP contribution is 2.08. The van der Waals surface area contributed by atoms with Gasteiger partial charge in [0.15, 0.2) is 11.6 Å². The van der Waals surface area contributed by atoms with Crippen molar-refractivity contribution in [3.05, 3.63) is 47.4 Å². The van der Waals surface area contributed by atoms with E-state index in [1.165, 1.54) is 7.11 Å². The van der Waals surface area contributed by atoms with E-state index in [4.69, 9.17) is 10.4 Å². The summed E-state index contributed by atoms with van der Waals surface area (Å²) in [5.74, 6) is -0.331. The maximum atomic E-state index is 9.01. The molecule has 1 N–H and O–H groups in total. The zero-order valence-corrected chi connectivity index (χ0v) is 7.11. The lowest BCUT2D eigenvalue weighted by Crippen LogP contribution is -1.88. The van der Waals surface area contributed by atoms with Crippen LogP contribution in [0.25, 0.3) is 0 Å². The summed E-state index contributed by atoms with van der Waals surface area (Å²) < 4.78 is 4.51. The van der Waals surface area contributed by atoms with Crippen LogP contribution >= 0.6 is 0 Å². The average Bonchev–Trinajstić information content (AvgIpc) is 2.18. The fraction of sp³-hybridized carbons (Fsp3) is 0.100. The monoisotopic (exact) mass is 174 g/mol. The summed E-state index contributed by atoms with van der Waals surface area (Å²) in [6.45, 7) is 0. The zero-order valence-electron chi connectivity index (χ0n) is 7.11. The molecule has 0 aliphatic heterocycles. The molecule has 3 nitrogen and oxygen atoms in total. The topological polar surface area (TPSA) is 53.2 Å². The van der Waals surface area contributed by atoms with Crippen LogP contribution in [0.1, 0.15) is 11.1 Å². The highest BCUT2D eigenvalue weighted by molar-refractivity contribution is 5.40. The van der Waals surface area contributed by atoms with Crippen LogP contribution in [0, 0.1) is 17.4 Å². The van der Waals surface area contributed by atoms with E-state index in [1.807, 2.05) is 6.07 Å². The number of nitriles is 1. The van der Waals surface area contributed by atoms with Crippen molar-refractivity contribution < 1.29 is 9.84 Å². The second kappa shape index (κ2) is 4.10. The van der Waals surface area contributed by atoms with E-state index in [1.54, 1.807) is 24.3 Å². The van der Waals surface area contributed by atoms with Gasteiger partial charge in [-0.25, -0.2) is 0 Å². The number of nitrogens with zero attached hydrogens (tertiary/aromatic N) is 1. The van der Waals surface area contributed by atoms with E-state index in [0.717, 1.165) is 0 Å². The Kier molecular flexibility index (Phi) is 2.86. The van der Waals surface area contributed by atoms with Gasteiger partial charge >= 0.3 is 5.95 Å². The summed E-state index contributed by atoms with van der Waals surface area (Å²) in [4.78, 5) is 0. The standard InChI is InChI=1S/C10H7NO2/c1-13-10(12)6-8-4-2-3-5-9(8)7-11/h2-5H,1H3/p+1. The molecule has 0 heterocycles. The Hall–Kier alpha value is -2.04. The number of hydrogen-bond donors (Lipinski definition) is 1. The van der Waals surface area contributed by atoms with Gasteiger partial charge in [-0.1, -0.05) is 0 Å². The fourth-order valence-corrected chi connectivity index (χ4v) is 0.856. The van der Waals surface area contributed by atoms with Crippen molar-refractivity contribution in [3.8, 4) is 6.07 Å². The molecule has 0 aliphatic rings. The van der Waals surface area contributed by atoms with Gasteiger partial charge in [0, 0.05) is 6.07 Å². The summed E-state index contributed by atoms with van der Waals surface area (Å²) in [5, 5.41) is 17.7. The van der Waals surface area contributed by atoms with Crippen LogP contribution in [-0.2, 0) is 4.74 Å². The van der Waals surface area contributed by atoms with Gasteiger partial charge in [0.2, 0.25) is 5.56 Å². The number of methoxy groups -OCH3 is 1. The van der Waals surface area contributed by atoms with Gasteiger partial charge in [-0.3, -0.25) is 0 Å². The SMILES string of the molecule is COC(O)=[C+]c1ccccc1C#N. The Bertz CT molecular complexity index is 363. The third kappa shape index (κ3) is 2.19. The molecule has 0 saturated heterocycles. The first-order chi connectivity index (χ1) is 6.27. The Morgan fingerprint density at radius 3 is 2.85 bits per heavy atom. The van der Waals surface area contributed by atoms with Crippen molar-refractivity contribution in [2.45, 2.75) is 0 Å². The van der Waals surface area contributed by atoms with Crippen LogP contribution in [0.2, 0.25) is 0 Å². The number of rotatable bonds is 2. The van der Waals surface area contributed by atoms with Gasteiger partial charge in [0.25, 0.3) is 0 Å². The third-order valence-corrected chi connectivity index (χ3v) is 1.48. The second-order valence-corrected chi connectivity index (χ2v) is 2.29. The number of aliphatic hydroxyl groups excluding tert-OH is 1. The molecule has 3 heteroatoms. The summed E-state index contributed by atoms with van der Waals surface area (Å²) in [6.07, 6.45) is 2.54. The molecular formula is C10H8NO2+. The largest absolute Gasteiger partial charge is 0.464 e. The van der Waals surface area contributed by atoms with Crippen molar-refractivity contribution in [1.82, 2.24) is 0 Å². The first kappa shape index (κ1) is 9.05. The van der Waals surface area contributed by atoms with Crippen LogP contribution in [-0.4, -0.2) is 12.2 Å². The highest BCUT2D eigenvalue weighted by atomic mass is 16.6. The second-order valence-electron chi connectivity index (χ2n) is 2.29. The summed E-state index contributed by atoms with van der Waals surface area (Å²) in [6, 6.07) is 8.80.